The van der Waals surface area contributed by atoms with Crippen molar-refractivity contribution in [1.82, 2.24) is 20.1 Å². The minimum Gasteiger partial charge on any atom is -0.380 e. The number of anilines is 1. The molecule has 3 unspecified atom stereocenters. The van der Waals surface area contributed by atoms with Crippen LogP contribution in [-0.2, 0) is 4.79 Å². The smallest absolute Gasteiger partial charge is 0.204 e. The van der Waals surface area contributed by atoms with Gasteiger partial charge in [-0.2, -0.15) is 10.2 Å². The molecule has 1 saturated heterocycles. The highest BCUT2D eigenvalue weighted by Gasteiger charge is 2.39. The Labute approximate surface area is 220 Å². The fourth-order valence-electron chi connectivity index (χ4n) is 4.55. The lowest BCUT2D eigenvalue weighted by molar-refractivity contribution is -0.106. The van der Waals surface area contributed by atoms with Gasteiger partial charge in [0.15, 0.2) is 0 Å². The van der Waals surface area contributed by atoms with E-state index in [0.717, 1.165) is 44.0 Å². The third-order valence-electron chi connectivity index (χ3n) is 6.49. The molecule has 8 nitrogen and oxygen atoms in total. The van der Waals surface area contributed by atoms with Crippen LogP contribution in [0.3, 0.4) is 0 Å². The van der Waals surface area contributed by atoms with E-state index in [1.54, 1.807) is 12.3 Å². The van der Waals surface area contributed by atoms with Gasteiger partial charge in [0.2, 0.25) is 6.41 Å². The summed E-state index contributed by atoms with van der Waals surface area (Å²) < 4.78 is 23.2. The Morgan fingerprint density at radius 1 is 1.32 bits per heavy atom. The number of piperidine rings is 1. The van der Waals surface area contributed by atoms with E-state index in [1.807, 2.05) is 52.2 Å². The van der Waals surface area contributed by atoms with Gasteiger partial charge < -0.3 is 15.5 Å². The van der Waals surface area contributed by atoms with E-state index in [4.69, 9.17) is 9.90 Å². The number of carbonyl (C=O) groups excluding carboxylic acids is 1. The van der Waals surface area contributed by atoms with Crippen molar-refractivity contribution in [3.05, 3.63) is 60.3 Å². The molecule has 1 aromatic heterocycles. The summed E-state index contributed by atoms with van der Waals surface area (Å²) in [7, 11) is 2.54. The molecule has 0 bridgehead atoms. The first-order valence-corrected chi connectivity index (χ1v) is 12.6. The topological polar surface area (TPSA) is 93.8 Å². The average Bonchev–Trinajstić information content (AvgIpc) is 3.56. The number of rotatable bonds is 7. The molecule has 1 amide bonds. The summed E-state index contributed by atoms with van der Waals surface area (Å²) in [6, 6.07) is 7.78. The number of likely N-dealkylation sites (N-methyl/N-ethyl adjacent to an activating group) is 1. The fraction of sp³-hybridized carbons (Fsp3) is 0.519. The second-order valence-electron chi connectivity index (χ2n) is 8.66. The third kappa shape index (κ3) is 8.58. The summed E-state index contributed by atoms with van der Waals surface area (Å²) in [5, 5.41) is 14.5. The normalized spacial score (nSPS) is 18.4. The molecular weight excluding hydrogens is 476 g/mol. The predicted molar refractivity (Wildman–Crippen MR) is 148 cm³/mol. The Kier molecular flexibility index (Phi) is 14.0. The van der Waals surface area contributed by atoms with Gasteiger partial charge in [-0.1, -0.05) is 20.4 Å². The largest absolute Gasteiger partial charge is 0.380 e. The van der Waals surface area contributed by atoms with Crippen LogP contribution < -0.4 is 10.6 Å². The number of nitrogens with zero attached hydrogens (tertiary/aromatic N) is 5. The molecular formula is C27H43F2N7O. The van der Waals surface area contributed by atoms with Crippen molar-refractivity contribution in [1.29, 1.82) is 0 Å². The number of primary amides is 1. The fourth-order valence-corrected chi connectivity index (χ4v) is 4.55. The van der Waals surface area contributed by atoms with Gasteiger partial charge in [0, 0.05) is 74.8 Å². The number of alkyl halides is 1. The number of nitrogens with two attached hydrogens (primary N) is 1. The van der Waals surface area contributed by atoms with Crippen LogP contribution in [-0.4, -0.2) is 78.7 Å². The number of H-pyrrole nitrogens is 1. The molecule has 206 valence electrons. The van der Waals surface area contributed by atoms with E-state index in [9.17, 15) is 8.78 Å². The highest BCUT2D eigenvalue weighted by molar-refractivity contribution is 5.90. The number of fused-ring (bicyclic) bond motifs is 1. The zero-order valence-electron chi connectivity index (χ0n) is 23.0. The van der Waals surface area contributed by atoms with Crippen LogP contribution in [0.1, 0.15) is 44.4 Å². The van der Waals surface area contributed by atoms with Gasteiger partial charge in [-0.15, -0.1) is 0 Å². The maximum Gasteiger partial charge on any atom is 0.204 e. The summed E-state index contributed by atoms with van der Waals surface area (Å²) in [6.45, 7) is 15.5. The number of hydrogen-bond acceptors (Lipinski definition) is 6. The Balaban J connectivity index is 0.000000894. The molecule has 4 rings (SSSR count). The number of nitrogens with one attached hydrogen (secondary N) is 1. The predicted octanol–water partition coefficient (Wildman–Crippen LogP) is 4.32. The number of aromatic nitrogens is 2. The molecule has 10 heteroatoms. The summed E-state index contributed by atoms with van der Waals surface area (Å²) in [4.78, 5) is 13.1. The van der Waals surface area contributed by atoms with Gasteiger partial charge >= 0.3 is 0 Å². The zero-order valence-corrected chi connectivity index (χ0v) is 23.0. The minimum absolute atomic E-state index is 0.146. The van der Waals surface area contributed by atoms with Crippen molar-refractivity contribution >= 4 is 17.8 Å². The van der Waals surface area contributed by atoms with Crippen molar-refractivity contribution in [2.75, 3.05) is 45.3 Å². The summed E-state index contributed by atoms with van der Waals surface area (Å²) in [6.07, 6.45) is 4.85. The molecule has 0 saturated carbocycles. The molecule has 1 fully saturated rings. The number of hydrogen-bond donors (Lipinski definition) is 2. The average molecular weight is 520 g/mol. The number of benzene rings is 1. The van der Waals surface area contributed by atoms with Crippen LogP contribution in [0.2, 0.25) is 0 Å². The van der Waals surface area contributed by atoms with E-state index in [0.29, 0.717) is 24.7 Å². The first-order chi connectivity index (χ1) is 17.9. The number of carbonyl (C=O) groups is 1. The van der Waals surface area contributed by atoms with E-state index in [-0.39, 0.29) is 18.1 Å². The Bertz CT molecular complexity index is 968. The zero-order chi connectivity index (χ0) is 28.0. The maximum atomic E-state index is 13.7. The highest BCUT2D eigenvalue weighted by atomic mass is 19.1. The van der Waals surface area contributed by atoms with E-state index < -0.39 is 0 Å². The van der Waals surface area contributed by atoms with E-state index in [2.05, 4.69) is 44.2 Å². The van der Waals surface area contributed by atoms with Crippen LogP contribution >= 0.6 is 0 Å². The number of hydrazone groups is 1. The molecule has 0 radical (unpaired) electrons. The molecule has 0 aliphatic carbocycles. The first kappa shape index (κ1) is 31.6. The van der Waals surface area contributed by atoms with Crippen molar-refractivity contribution < 1.29 is 13.6 Å². The van der Waals surface area contributed by atoms with E-state index in [1.165, 1.54) is 5.71 Å². The molecule has 3 N–H and O–H groups in total. The summed E-state index contributed by atoms with van der Waals surface area (Å²) in [5.41, 5.74) is 8.37. The van der Waals surface area contributed by atoms with Crippen molar-refractivity contribution in [3.8, 4) is 0 Å². The van der Waals surface area contributed by atoms with Gasteiger partial charge in [0.1, 0.15) is 5.82 Å². The second kappa shape index (κ2) is 16.3. The van der Waals surface area contributed by atoms with Crippen LogP contribution in [0.15, 0.2) is 48.3 Å². The minimum atomic E-state index is -0.146. The molecule has 2 aliphatic heterocycles. The van der Waals surface area contributed by atoms with E-state index >= 15 is 0 Å². The Morgan fingerprint density at radius 3 is 2.57 bits per heavy atom. The molecule has 3 atom stereocenters. The number of aryl methyl sites for hydroxylation is 1. The lowest BCUT2D eigenvalue weighted by Gasteiger charge is -2.36. The summed E-state index contributed by atoms with van der Waals surface area (Å²) >= 11 is 0. The lowest BCUT2D eigenvalue weighted by Crippen LogP contribution is -2.45. The maximum absolute atomic E-state index is 13.7. The van der Waals surface area contributed by atoms with Gasteiger partial charge in [-0.3, -0.25) is 19.3 Å². The lowest BCUT2D eigenvalue weighted by atomic mass is 9.90. The molecule has 0 spiro atoms. The van der Waals surface area contributed by atoms with Crippen LogP contribution in [0.25, 0.3) is 0 Å². The van der Waals surface area contributed by atoms with Crippen LogP contribution in [0, 0.1) is 18.7 Å². The van der Waals surface area contributed by atoms with Crippen molar-refractivity contribution in [2.24, 2.45) is 16.8 Å². The van der Waals surface area contributed by atoms with Crippen molar-refractivity contribution in [2.45, 2.75) is 46.1 Å². The van der Waals surface area contributed by atoms with Gasteiger partial charge in [-0.05, 0) is 49.9 Å². The quantitative estimate of drug-likeness (QED) is 0.532. The van der Waals surface area contributed by atoms with Gasteiger partial charge in [0.05, 0.1) is 13.2 Å². The highest BCUT2D eigenvalue weighted by Crippen LogP contribution is 2.32. The molecule has 2 aliphatic rings. The monoisotopic (exact) mass is 519 g/mol. The number of amides is 1. The molecule has 2 aromatic rings. The van der Waals surface area contributed by atoms with Crippen LogP contribution in [0.5, 0.6) is 0 Å². The molecule has 1 aromatic carbocycles. The first-order valence-electron chi connectivity index (χ1n) is 12.6. The van der Waals surface area contributed by atoms with Crippen LogP contribution in [0.4, 0.5) is 14.5 Å². The second-order valence-corrected chi connectivity index (χ2v) is 8.66. The Hall–Kier alpha value is -3.43. The van der Waals surface area contributed by atoms with Gasteiger partial charge in [0.25, 0.3) is 0 Å². The Morgan fingerprint density at radius 2 is 2.00 bits per heavy atom. The van der Waals surface area contributed by atoms with Gasteiger partial charge in [-0.25, -0.2) is 4.39 Å². The molecule has 37 heavy (non-hydrogen) atoms. The SMILES string of the molecule is C=CN(C)CC(CN1N=C2CCN(c3ccc(F)c(C)c3)CC2C1C)c1ccn[nH]1.CC.CF.NC=O. The number of aromatic amines is 1. The number of halogens is 2. The third-order valence-corrected chi connectivity index (χ3v) is 6.49. The van der Waals surface area contributed by atoms with Crippen molar-refractivity contribution in [3.63, 3.8) is 0 Å². The standard InChI is InChI=1S/C23H31FN6.C2H6.CH3F.CH3NO/c1-5-28(4)13-18(22-8-10-25-26-22)14-30-17(3)20-15-29(11-9-23(20)27-30)19-6-7-21(24)16(2)12-19;2*1-2;2-1-3/h5-8,10,12,17-18,20H,1,9,11,13-15H2,2-4H3,(H,25,26);1-2H3;1H3;1H,(H2,2,3). The summed E-state index contributed by atoms with van der Waals surface area (Å²) in [5.74, 6) is 0.509. The molecule has 3 heterocycles.